The zero-order valence-corrected chi connectivity index (χ0v) is 12.9. The number of thiophene rings is 1. The Morgan fingerprint density at radius 3 is 2.59 bits per heavy atom. The average molecular weight is 320 g/mol. The fourth-order valence-corrected chi connectivity index (χ4v) is 2.74. The first-order valence-electron chi connectivity index (χ1n) is 6.68. The molecule has 6 nitrogen and oxygen atoms in total. The van der Waals surface area contributed by atoms with Crippen LogP contribution in [0.1, 0.15) is 15.2 Å². The summed E-state index contributed by atoms with van der Waals surface area (Å²) in [5.74, 6) is -0.223. The highest BCUT2D eigenvalue weighted by molar-refractivity contribution is 7.17. The summed E-state index contributed by atoms with van der Waals surface area (Å²) in [5.41, 5.74) is 0.998. The Labute approximate surface area is 132 Å². The predicted octanol–water partition coefficient (Wildman–Crippen LogP) is 2.95. The van der Waals surface area contributed by atoms with Gasteiger partial charge in [-0.15, -0.1) is 0 Å². The molecular formula is C15H16N2O4S. The third-order valence-corrected chi connectivity index (χ3v) is 4.08. The Bertz CT molecular complexity index is 642. The Morgan fingerprint density at radius 1 is 1.27 bits per heavy atom. The molecule has 0 radical (unpaired) electrons. The van der Waals surface area contributed by atoms with E-state index in [4.69, 9.17) is 4.74 Å². The van der Waals surface area contributed by atoms with E-state index in [1.807, 2.05) is 30.3 Å². The van der Waals surface area contributed by atoms with Gasteiger partial charge in [0.05, 0.1) is 16.4 Å². The van der Waals surface area contributed by atoms with Crippen LogP contribution in [0.15, 0.2) is 42.5 Å². The highest BCUT2D eigenvalue weighted by Gasteiger charge is 2.20. The minimum Gasteiger partial charge on any atom is -0.383 e. The standard InChI is InChI=1S/C15H16N2O4S/c1-21-10-9-16(11-12-5-3-2-4-6-12)15(18)13-7-8-14(22-13)17(19)20/h2-8H,9-11H2,1H3. The lowest BCUT2D eigenvalue weighted by Gasteiger charge is -2.21. The number of methoxy groups -OCH3 is 1. The van der Waals surface area contributed by atoms with Gasteiger partial charge in [0.15, 0.2) is 0 Å². The zero-order chi connectivity index (χ0) is 15.9. The maximum absolute atomic E-state index is 12.5. The second-order valence-electron chi connectivity index (χ2n) is 4.60. The highest BCUT2D eigenvalue weighted by Crippen LogP contribution is 2.25. The van der Waals surface area contributed by atoms with Crippen LogP contribution in [0.2, 0.25) is 0 Å². The van der Waals surface area contributed by atoms with Gasteiger partial charge in [-0.05, 0) is 11.6 Å². The Morgan fingerprint density at radius 2 is 2.00 bits per heavy atom. The number of carbonyl (C=O) groups excluding carboxylic acids is 1. The van der Waals surface area contributed by atoms with Crippen molar-refractivity contribution >= 4 is 22.2 Å². The number of hydrogen-bond acceptors (Lipinski definition) is 5. The van der Waals surface area contributed by atoms with Crippen molar-refractivity contribution in [3.8, 4) is 0 Å². The van der Waals surface area contributed by atoms with Crippen molar-refractivity contribution in [1.82, 2.24) is 4.90 Å². The van der Waals surface area contributed by atoms with Crippen molar-refractivity contribution in [2.75, 3.05) is 20.3 Å². The van der Waals surface area contributed by atoms with Gasteiger partial charge in [-0.1, -0.05) is 41.7 Å². The molecule has 7 heteroatoms. The number of nitrogens with zero attached hydrogens (tertiary/aromatic N) is 2. The van der Waals surface area contributed by atoms with Gasteiger partial charge in [-0.3, -0.25) is 14.9 Å². The summed E-state index contributed by atoms with van der Waals surface area (Å²) in [6.45, 7) is 1.27. The number of benzene rings is 1. The summed E-state index contributed by atoms with van der Waals surface area (Å²) in [6.07, 6.45) is 0. The van der Waals surface area contributed by atoms with Gasteiger partial charge in [-0.25, -0.2) is 0 Å². The molecule has 0 unspecified atom stereocenters. The third-order valence-electron chi connectivity index (χ3n) is 3.05. The van der Waals surface area contributed by atoms with E-state index in [1.54, 1.807) is 12.0 Å². The topological polar surface area (TPSA) is 72.7 Å². The Kier molecular flexibility index (Phi) is 5.62. The number of rotatable bonds is 7. The van der Waals surface area contributed by atoms with E-state index in [9.17, 15) is 14.9 Å². The van der Waals surface area contributed by atoms with Crippen LogP contribution < -0.4 is 0 Å². The molecule has 0 saturated carbocycles. The largest absolute Gasteiger partial charge is 0.383 e. The number of hydrogen-bond donors (Lipinski definition) is 0. The Balaban J connectivity index is 2.16. The lowest BCUT2D eigenvalue weighted by molar-refractivity contribution is -0.380. The van der Waals surface area contributed by atoms with Crippen molar-refractivity contribution in [2.24, 2.45) is 0 Å². The van der Waals surface area contributed by atoms with Crippen molar-refractivity contribution in [3.05, 3.63) is 63.0 Å². The molecule has 1 heterocycles. The van der Waals surface area contributed by atoms with Crippen molar-refractivity contribution in [2.45, 2.75) is 6.54 Å². The van der Waals surface area contributed by atoms with Crippen LogP contribution in [0.5, 0.6) is 0 Å². The van der Waals surface area contributed by atoms with Gasteiger partial charge in [0.1, 0.15) is 0 Å². The predicted molar refractivity (Wildman–Crippen MR) is 84.0 cm³/mol. The fraction of sp³-hybridized carbons (Fsp3) is 0.267. The molecule has 2 aromatic rings. The number of amides is 1. The molecule has 0 aliphatic rings. The van der Waals surface area contributed by atoms with E-state index in [0.717, 1.165) is 16.9 Å². The summed E-state index contributed by atoms with van der Waals surface area (Å²) in [6, 6.07) is 12.4. The summed E-state index contributed by atoms with van der Waals surface area (Å²) in [4.78, 5) is 24.8. The summed E-state index contributed by atoms with van der Waals surface area (Å²) < 4.78 is 5.04. The molecule has 0 bridgehead atoms. The maximum atomic E-state index is 12.5. The molecule has 0 fully saturated rings. The molecule has 0 saturated heterocycles. The van der Waals surface area contributed by atoms with Gasteiger partial charge in [0, 0.05) is 26.3 Å². The molecule has 0 atom stereocenters. The normalized spacial score (nSPS) is 10.4. The van der Waals surface area contributed by atoms with E-state index in [1.165, 1.54) is 12.1 Å². The molecule has 0 aliphatic carbocycles. The van der Waals surface area contributed by atoms with Crippen LogP contribution in [-0.4, -0.2) is 36.0 Å². The van der Waals surface area contributed by atoms with Gasteiger partial charge in [0.25, 0.3) is 5.91 Å². The maximum Gasteiger partial charge on any atom is 0.324 e. The minimum atomic E-state index is -0.488. The molecule has 2 rings (SSSR count). The van der Waals surface area contributed by atoms with Gasteiger partial charge < -0.3 is 9.64 Å². The summed E-state index contributed by atoms with van der Waals surface area (Å²) >= 11 is 0.890. The van der Waals surface area contributed by atoms with Crippen LogP contribution in [0.3, 0.4) is 0 Å². The summed E-state index contributed by atoms with van der Waals surface area (Å²) in [7, 11) is 1.57. The molecule has 116 valence electrons. The number of carbonyl (C=O) groups is 1. The fourth-order valence-electron chi connectivity index (χ4n) is 1.95. The second kappa shape index (κ2) is 7.67. The van der Waals surface area contributed by atoms with Gasteiger partial charge in [0.2, 0.25) is 0 Å². The molecule has 1 amide bonds. The monoisotopic (exact) mass is 320 g/mol. The van der Waals surface area contributed by atoms with E-state index in [0.29, 0.717) is 24.6 Å². The molecular weight excluding hydrogens is 304 g/mol. The first-order chi connectivity index (χ1) is 10.6. The van der Waals surface area contributed by atoms with E-state index >= 15 is 0 Å². The van der Waals surface area contributed by atoms with Crippen LogP contribution in [0, 0.1) is 10.1 Å². The Hall–Kier alpha value is -2.25. The molecule has 22 heavy (non-hydrogen) atoms. The van der Waals surface area contributed by atoms with Crippen molar-refractivity contribution in [3.63, 3.8) is 0 Å². The second-order valence-corrected chi connectivity index (χ2v) is 5.66. The molecule has 1 aromatic heterocycles. The zero-order valence-electron chi connectivity index (χ0n) is 12.1. The molecule has 0 N–H and O–H groups in total. The summed E-state index contributed by atoms with van der Waals surface area (Å²) in [5, 5.41) is 10.7. The molecule has 1 aromatic carbocycles. The third kappa shape index (κ3) is 4.12. The van der Waals surface area contributed by atoms with E-state index < -0.39 is 4.92 Å². The van der Waals surface area contributed by atoms with Gasteiger partial charge in [-0.2, -0.15) is 0 Å². The molecule has 0 spiro atoms. The van der Waals surface area contributed by atoms with Crippen LogP contribution in [0.4, 0.5) is 5.00 Å². The molecule has 0 aliphatic heterocycles. The number of nitro groups is 1. The quantitative estimate of drug-likeness (QED) is 0.581. The number of ether oxygens (including phenoxy) is 1. The smallest absolute Gasteiger partial charge is 0.324 e. The minimum absolute atomic E-state index is 0.0326. The van der Waals surface area contributed by atoms with Crippen LogP contribution >= 0.6 is 11.3 Å². The van der Waals surface area contributed by atoms with Crippen molar-refractivity contribution < 1.29 is 14.5 Å². The first kappa shape index (κ1) is 16.1. The average Bonchev–Trinajstić information content (AvgIpc) is 3.02. The highest BCUT2D eigenvalue weighted by atomic mass is 32.1. The first-order valence-corrected chi connectivity index (χ1v) is 7.50. The van der Waals surface area contributed by atoms with E-state index in [2.05, 4.69) is 0 Å². The SMILES string of the molecule is COCCN(Cc1ccccc1)C(=O)c1ccc([N+](=O)[O-])s1. The van der Waals surface area contributed by atoms with Crippen molar-refractivity contribution in [1.29, 1.82) is 0 Å². The van der Waals surface area contributed by atoms with E-state index in [-0.39, 0.29) is 10.9 Å². The lowest BCUT2D eigenvalue weighted by Crippen LogP contribution is -2.33. The van der Waals surface area contributed by atoms with Crippen LogP contribution in [-0.2, 0) is 11.3 Å². The lowest BCUT2D eigenvalue weighted by atomic mass is 10.2. The van der Waals surface area contributed by atoms with Gasteiger partial charge >= 0.3 is 5.00 Å². The van der Waals surface area contributed by atoms with Crippen LogP contribution in [0.25, 0.3) is 0 Å².